The van der Waals surface area contributed by atoms with Crippen LogP contribution >= 0.6 is 0 Å². The zero-order valence-electron chi connectivity index (χ0n) is 19.3. The molecule has 0 saturated carbocycles. The van der Waals surface area contributed by atoms with E-state index >= 15 is 0 Å². The maximum atomic E-state index is 12.9. The number of hydrogen-bond donors (Lipinski definition) is 2. The summed E-state index contributed by atoms with van der Waals surface area (Å²) in [6.07, 6.45) is 2.80. The monoisotopic (exact) mass is 462 g/mol. The van der Waals surface area contributed by atoms with Crippen molar-refractivity contribution in [2.75, 3.05) is 6.54 Å². The minimum Gasteiger partial charge on any atom is -0.488 e. The maximum Gasteiger partial charge on any atom is 0.255 e. The lowest BCUT2D eigenvalue weighted by Gasteiger charge is -2.27. The van der Waals surface area contributed by atoms with Crippen LogP contribution in [0.1, 0.15) is 22.4 Å². The number of aromatic nitrogens is 3. The van der Waals surface area contributed by atoms with Gasteiger partial charge >= 0.3 is 0 Å². The van der Waals surface area contributed by atoms with Crippen molar-refractivity contribution in [3.8, 4) is 17.1 Å². The highest BCUT2D eigenvalue weighted by Crippen LogP contribution is 2.31. The number of ether oxygens (including phenoxy) is 1. The number of hydrogen-bond acceptors (Lipinski definition) is 4. The van der Waals surface area contributed by atoms with Gasteiger partial charge in [-0.3, -0.25) is 9.69 Å². The van der Waals surface area contributed by atoms with Gasteiger partial charge in [0.1, 0.15) is 18.2 Å². The molecule has 3 aromatic carbocycles. The van der Waals surface area contributed by atoms with Crippen LogP contribution in [-0.4, -0.2) is 26.4 Å². The van der Waals surface area contributed by atoms with E-state index in [0.717, 1.165) is 64.1 Å². The molecule has 0 fully saturated rings. The van der Waals surface area contributed by atoms with Crippen molar-refractivity contribution in [1.82, 2.24) is 19.9 Å². The summed E-state index contributed by atoms with van der Waals surface area (Å²) in [5.74, 6) is 1.51. The van der Waals surface area contributed by atoms with E-state index in [2.05, 4.69) is 39.3 Å². The summed E-state index contributed by atoms with van der Waals surface area (Å²) >= 11 is 0. The highest BCUT2D eigenvalue weighted by molar-refractivity contribution is 5.89. The third-order valence-electron chi connectivity index (χ3n) is 6.58. The Labute approximate surface area is 203 Å². The molecule has 3 heterocycles. The molecule has 0 aliphatic carbocycles. The molecule has 0 radical (unpaired) electrons. The quantitative estimate of drug-likeness (QED) is 0.370. The molecule has 0 unspecified atom stereocenters. The number of H-pyrrole nitrogens is 2. The summed E-state index contributed by atoms with van der Waals surface area (Å²) in [6.45, 7) is 2.67. The Kier molecular flexibility index (Phi) is 5.64. The van der Waals surface area contributed by atoms with Crippen molar-refractivity contribution in [3.63, 3.8) is 0 Å². The summed E-state index contributed by atoms with van der Waals surface area (Å²) < 4.78 is 6.22. The second kappa shape index (κ2) is 9.24. The van der Waals surface area contributed by atoms with Gasteiger partial charge in [-0.25, -0.2) is 4.98 Å². The SMILES string of the molecule is O=c1[nH]c(-c2ccccc2)nc2c1CN(Cc1c[nH]c3cccc(OCc4ccccc4)c13)CC2. The van der Waals surface area contributed by atoms with Crippen molar-refractivity contribution >= 4 is 10.9 Å². The lowest BCUT2D eigenvalue weighted by Crippen LogP contribution is -2.35. The van der Waals surface area contributed by atoms with Gasteiger partial charge in [0.05, 0.1) is 11.3 Å². The third-order valence-corrected chi connectivity index (χ3v) is 6.58. The lowest BCUT2D eigenvalue weighted by molar-refractivity contribution is 0.242. The van der Waals surface area contributed by atoms with Crippen LogP contribution in [-0.2, 0) is 26.1 Å². The van der Waals surface area contributed by atoms with Gasteiger partial charge in [0.2, 0.25) is 0 Å². The van der Waals surface area contributed by atoms with Crippen LogP contribution < -0.4 is 10.3 Å². The van der Waals surface area contributed by atoms with E-state index in [9.17, 15) is 4.79 Å². The minimum atomic E-state index is -0.0515. The average Bonchev–Trinajstić information content (AvgIpc) is 3.32. The first-order chi connectivity index (χ1) is 17.2. The van der Waals surface area contributed by atoms with Crippen LogP contribution in [0.2, 0.25) is 0 Å². The summed E-state index contributed by atoms with van der Waals surface area (Å²) in [5, 5.41) is 1.10. The van der Waals surface area contributed by atoms with Crippen LogP contribution in [0.25, 0.3) is 22.3 Å². The molecular weight excluding hydrogens is 436 g/mol. The number of nitrogens with zero attached hydrogens (tertiary/aromatic N) is 2. The van der Waals surface area contributed by atoms with E-state index in [4.69, 9.17) is 9.72 Å². The van der Waals surface area contributed by atoms with Gasteiger partial charge in [-0.2, -0.15) is 0 Å². The summed E-state index contributed by atoms with van der Waals surface area (Å²) in [7, 11) is 0. The fourth-order valence-corrected chi connectivity index (χ4v) is 4.79. The summed E-state index contributed by atoms with van der Waals surface area (Å²) in [6, 6.07) is 26.1. The molecule has 1 aliphatic heterocycles. The van der Waals surface area contributed by atoms with E-state index in [-0.39, 0.29) is 5.56 Å². The smallest absolute Gasteiger partial charge is 0.255 e. The number of rotatable bonds is 6. The van der Waals surface area contributed by atoms with E-state index in [0.29, 0.717) is 19.0 Å². The van der Waals surface area contributed by atoms with E-state index in [1.54, 1.807) is 0 Å². The van der Waals surface area contributed by atoms with Crippen molar-refractivity contribution in [3.05, 3.63) is 118 Å². The molecule has 0 spiro atoms. The van der Waals surface area contributed by atoms with Crippen LogP contribution in [0.5, 0.6) is 5.75 Å². The fourth-order valence-electron chi connectivity index (χ4n) is 4.79. The highest BCUT2D eigenvalue weighted by atomic mass is 16.5. The standard InChI is InChI=1S/C29H26N4O2/c34-29-23-18-33(15-14-24(23)31-28(32-29)21-10-5-2-6-11-21)17-22-16-30-25-12-7-13-26(27(22)25)35-19-20-8-3-1-4-9-20/h1-13,16,30H,14-15,17-19H2,(H,31,32,34). The van der Waals surface area contributed by atoms with Gasteiger partial charge < -0.3 is 14.7 Å². The predicted octanol–water partition coefficient (Wildman–Crippen LogP) is 5.06. The predicted molar refractivity (Wildman–Crippen MR) is 137 cm³/mol. The molecule has 6 heteroatoms. The summed E-state index contributed by atoms with van der Waals surface area (Å²) in [4.78, 5) is 26.4. The number of fused-ring (bicyclic) bond motifs is 2. The second-order valence-corrected chi connectivity index (χ2v) is 8.93. The molecule has 0 atom stereocenters. The molecule has 6 rings (SSSR count). The van der Waals surface area contributed by atoms with Gasteiger partial charge in [-0.15, -0.1) is 0 Å². The molecule has 5 aromatic rings. The first-order valence-corrected chi connectivity index (χ1v) is 11.9. The summed E-state index contributed by atoms with van der Waals surface area (Å²) in [5.41, 5.74) is 5.88. The lowest BCUT2D eigenvalue weighted by atomic mass is 10.0. The van der Waals surface area contributed by atoms with E-state index in [1.165, 1.54) is 0 Å². The van der Waals surface area contributed by atoms with Crippen molar-refractivity contribution in [1.29, 1.82) is 0 Å². The van der Waals surface area contributed by atoms with E-state index in [1.807, 2.05) is 60.7 Å². The highest BCUT2D eigenvalue weighted by Gasteiger charge is 2.23. The molecule has 1 aliphatic rings. The topological polar surface area (TPSA) is 74.0 Å². The molecule has 2 aromatic heterocycles. The van der Waals surface area contributed by atoms with Crippen molar-refractivity contribution in [2.45, 2.75) is 26.1 Å². The Hall–Kier alpha value is -4.16. The van der Waals surface area contributed by atoms with Crippen LogP contribution in [0.3, 0.4) is 0 Å². The number of benzene rings is 3. The first kappa shape index (κ1) is 21.4. The van der Waals surface area contributed by atoms with Gasteiger partial charge in [0.25, 0.3) is 5.56 Å². The van der Waals surface area contributed by atoms with Crippen molar-refractivity contribution in [2.24, 2.45) is 0 Å². The normalized spacial score (nSPS) is 13.6. The molecular formula is C29H26N4O2. The minimum absolute atomic E-state index is 0.0515. The Morgan fingerprint density at radius 3 is 2.57 bits per heavy atom. The fraction of sp³-hybridized carbons (Fsp3) is 0.172. The Morgan fingerprint density at radius 1 is 0.943 bits per heavy atom. The Bertz CT molecular complexity index is 1520. The zero-order valence-corrected chi connectivity index (χ0v) is 19.3. The van der Waals surface area contributed by atoms with E-state index < -0.39 is 0 Å². The molecule has 0 amide bonds. The molecule has 35 heavy (non-hydrogen) atoms. The van der Waals surface area contributed by atoms with Crippen molar-refractivity contribution < 1.29 is 4.74 Å². The third kappa shape index (κ3) is 4.36. The Balaban J connectivity index is 1.23. The Morgan fingerprint density at radius 2 is 1.74 bits per heavy atom. The van der Waals surface area contributed by atoms with Gasteiger partial charge in [0.15, 0.2) is 0 Å². The second-order valence-electron chi connectivity index (χ2n) is 8.93. The molecule has 0 bridgehead atoms. The van der Waals surface area contributed by atoms with Crippen LogP contribution in [0.4, 0.5) is 0 Å². The molecule has 6 nitrogen and oxygen atoms in total. The molecule has 174 valence electrons. The molecule has 0 saturated heterocycles. The van der Waals surface area contributed by atoms with Crippen LogP contribution in [0, 0.1) is 0 Å². The van der Waals surface area contributed by atoms with Gasteiger partial charge in [-0.05, 0) is 23.3 Å². The number of aromatic amines is 2. The first-order valence-electron chi connectivity index (χ1n) is 11.9. The largest absolute Gasteiger partial charge is 0.488 e. The maximum absolute atomic E-state index is 12.9. The zero-order chi connectivity index (χ0) is 23.6. The average molecular weight is 463 g/mol. The van der Waals surface area contributed by atoms with Crippen LogP contribution in [0.15, 0.2) is 89.9 Å². The van der Waals surface area contributed by atoms with Gasteiger partial charge in [-0.1, -0.05) is 66.7 Å². The molecule has 2 N–H and O–H groups in total. The van der Waals surface area contributed by atoms with Gasteiger partial charge in [0, 0.05) is 48.7 Å². The number of nitrogens with one attached hydrogen (secondary N) is 2.